The summed E-state index contributed by atoms with van der Waals surface area (Å²) in [5.41, 5.74) is 5.61. The fourth-order valence-corrected chi connectivity index (χ4v) is 4.11. The number of hydrogen-bond acceptors (Lipinski definition) is 3. The van der Waals surface area contributed by atoms with E-state index >= 15 is 0 Å². The second-order valence-corrected chi connectivity index (χ2v) is 7.86. The lowest BCUT2D eigenvalue weighted by Crippen LogP contribution is -2.41. The van der Waals surface area contributed by atoms with E-state index in [1.807, 2.05) is 0 Å². The molecule has 0 aliphatic carbocycles. The van der Waals surface area contributed by atoms with Gasteiger partial charge in [0.1, 0.15) is 0 Å². The zero-order valence-electron chi connectivity index (χ0n) is 10.3. The van der Waals surface area contributed by atoms with Crippen LogP contribution in [0.5, 0.6) is 0 Å². The predicted molar refractivity (Wildman–Crippen MR) is 82.4 cm³/mol. The third-order valence-corrected chi connectivity index (χ3v) is 6.08. The Labute approximate surface area is 127 Å². The molecular formula is C12H15BrN2O2S2. The molecule has 2 rings (SSSR count). The number of halogens is 1. The molecule has 0 aromatic heterocycles. The van der Waals surface area contributed by atoms with Crippen molar-refractivity contribution in [2.75, 3.05) is 13.1 Å². The summed E-state index contributed by atoms with van der Waals surface area (Å²) in [5.74, 6) is 0.159. The molecule has 0 amide bonds. The Kier molecular flexibility index (Phi) is 4.60. The van der Waals surface area contributed by atoms with Crippen molar-refractivity contribution in [3.63, 3.8) is 0 Å². The lowest BCUT2D eigenvalue weighted by molar-refractivity contribution is 0.316. The molecule has 0 unspecified atom stereocenters. The molecule has 1 aromatic carbocycles. The van der Waals surface area contributed by atoms with Crippen molar-refractivity contribution in [3.8, 4) is 0 Å². The Morgan fingerprint density at radius 3 is 2.26 bits per heavy atom. The lowest BCUT2D eigenvalue weighted by atomic mass is 9.98. The van der Waals surface area contributed by atoms with Crippen molar-refractivity contribution in [2.24, 2.45) is 11.7 Å². The molecule has 1 aliphatic heterocycles. The minimum absolute atomic E-state index is 0.159. The largest absolute Gasteiger partial charge is 0.393 e. The smallest absolute Gasteiger partial charge is 0.243 e. The topological polar surface area (TPSA) is 63.4 Å². The summed E-state index contributed by atoms with van der Waals surface area (Å²) in [5, 5.41) is 0. The van der Waals surface area contributed by atoms with Crippen molar-refractivity contribution in [1.29, 1.82) is 0 Å². The summed E-state index contributed by atoms with van der Waals surface area (Å²) in [4.78, 5) is 0.810. The van der Waals surface area contributed by atoms with Crippen LogP contribution in [0.4, 0.5) is 0 Å². The average molecular weight is 363 g/mol. The van der Waals surface area contributed by atoms with Gasteiger partial charge in [-0.05, 0) is 37.1 Å². The zero-order chi connectivity index (χ0) is 14.0. The minimum atomic E-state index is -3.40. The van der Waals surface area contributed by atoms with Gasteiger partial charge in [0.15, 0.2) is 0 Å². The van der Waals surface area contributed by atoms with Gasteiger partial charge in [-0.25, -0.2) is 8.42 Å². The Balaban J connectivity index is 2.14. The van der Waals surface area contributed by atoms with Crippen molar-refractivity contribution in [3.05, 3.63) is 28.7 Å². The Morgan fingerprint density at radius 2 is 1.79 bits per heavy atom. The third-order valence-electron chi connectivity index (χ3n) is 3.31. The zero-order valence-corrected chi connectivity index (χ0v) is 13.5. The lowest BCUT2D eigenvalue weighted by Gasteiger charge is -2.30. The van der Waals surface area contributed by atoms with E-state index in [2.05, 4.69) is 15.9 Å². The van der Waals surface area contributed by atoms with Crippen LogP contribution in [0.1, 0.15) is 12.8 Å². The number of piperidine rings is 1. The van der Waals surface area contributed by atoms with Gasteiger partial charge in [0.25, 0.3) is 0 Å². The van der Waals surface area contributed by atoms with Gasteiger partial charge in [-0.1, -0.05) is 28.1 Å². The highest BCUT2D eigenvalue weighted by Crippen LogP contribution is 2.24. The standard InChI is InChI=1S/C12H15BrN2O2S2/c13-10-1-3-11(4-2-10)19(16,17)15-7-5-9(6-8-15)12(14)18/h1-4,9H,5-8H2,(H2,14,18). The number of nitrogens with zero attached hydrogens (tertiary/aromatic N) is 1. The number of rotatable bonds is 3. The summed E-state index contributed by atoms with van der Waals surface area (Å²) in [7, 11) is -3.40. The van der Waals surface area contributed by atoms with Gasteiger partial charge >= 0.3 is 0 Å². The minimum Gasteiger partial charge on any atom is -0.393 e. The second kappa shape index (κ2) is 5.87. The molecule has 0 radical (unpaired) electrons. The molecule has 2 N–H and O–H groups in total. The summed E-state index contributed by atoms with van der Waals surface area (Å²) < 4.78 is 27.2. The SMILES string of the molecule is NC(=S)C1CCN(S(=O)(=O)c2ccc(Br)cc2)CC1. The van der Waals surface area contributed by atoms with Gasteiger partial charge in [0.05, 0.1) is 9.88 Å². The number of sulfonamides is 1. The molecule has 0 saturated carbocycles. The number of benzene rings is 1. The number of thiocarbonyl (C=S) groups is 1. The molecule has 1 saturated heterocycles. The predicted octanol–water partition coefficient (Wildman–Crippen LogP) is 2.14. The summed E-state index contributed by atoms with van der Waals surface area (Å²) >= 11 is 8.26. The van der Waals surface area contributed by atoms with E-state index in [0.717, 1.165) is 4.47 Å². The van der Waals surface area contributed by atoms with E-state index in [1.165, 1.54) is 4.31 Å². The molecule has 7 heteroatoms. The maximum Gasteiger partial charge on any atom is 0.243 e. The third kappa shape index (κ3) is 3.34. The fourth-order valence-electron chi connectivity index (χ4n) is 2.14. The van der Waals surface area contributed by atoms with Crippen molar-refractivity contribution in [1.82, 2.24) is 4.31 Å². The summed E-state index contributed by atoms with van der Waals surface area (Å²) in [6.45, 7) is 0.945. The fraction of sp³-hybridized carbons (Fsp3) is 0.417. The van der Waals surface area contributed by atoms with Crippen LogP contribution in [-0.2, 0) is 10.0 Å². The van der Waals surface area contributed by atoms with Crippen LogP contribution in [0, 0.1) is 5.92 Å². The van der Waals surface area contributed by atoms with Crippen LogP contribution in [0.25, 0.3) is 0 Å². The molecule has 0 spiro atoms. The Hall–Kier alpha value is -0.500. The Morgan fingerprint density at radius 1 is 1.26 bits per heavy atom. The van der Waals surface area contributed by atoms with Gasteiger partial charge in [-0.3, -0.25) is 0 Å². The number of hydrogen-bond donors (Lipinski definition) is 1. The van der Waals surface area contributed by atoms with Gasteiger partial charge < -0.3 is 5.73 Å². The second-order valence-electron chi connectivity index (χ2n) is 4.53. The molecule has 0 bridgehead atoms. The first-order valence-corrected chi connectivity index (χ1v) is 8.60. The molecule has 1 aliphatic rings. The van der Waals surface area contributed by atoms with Crippen LogP contribution in [0.2, 0.25) is 0 Å². The van der Waals surface area contributed by atoms with Gasteiger partial charge in [0.2, 0.25) is 10.0 Å². The van der Waals surface area contributed by atoms with E-state index in [-0.39, 0.29) is 5.92 Å². The Bertz CT molecular complexity index is 564. The molecular weight excluding hydrogens is 348 g/mol. The summed E-state index contributed by atoms with van der Waals surface area (Å²) in [6.07, 6.45) is 1.40. The quantitative estimate of drug-likeness (QED) is 0.836. The van der Waals surface area contributed by atoms with Crippen LogP contribution < -0.4 is 5.73 Å². The van der Waals surface area contributed by atoms with Gasteiger partial charge in [0, 0.05) is 23.5 Å². The van der Waals surface area contributed by atoms with E-state index in [1.54, 1.807) is 24.3 Å². The van der Waals surface area contributed by atoms with E-state index < -0.39 is 10.0 Å². The molecule has 1 fully saturated rings. The molecule has 19 heavy (non-hydrogen) atoms. The highest BCUT2D eigenvalue weighted by atomic mass is 79.9. The first-order valence-electron chi connectivity index (χ1n) is 5.96. The molecule has 1 heterocycles. The monoisotopic (exact) mass is 362 g/mol. The number of nitrogens with two attached hydrogens (primary N) is 1. The molecule has 104 valence electrons. The van der Waals surface area contributed by atoms with Gasteiger partial charge in [-0.2, -0.15) is 4.31 Å². The maximum atomic E-state index is 12.4. The summed E-state index contributed by atoms with van der Waals surface area (Å²) in [6, 6.07) is 6.68. The molecule has 0 atom stereocenters. The van der Waals surface area contributed by atoms with Crippen molar-refractivity contribution in [2.45, 2.75) is 17.7 Å². The molecule has 1 aromatic rings. The van der Waals surface area contributed by atoms with Crippen LogP contribution >= 0.6 is 28.1 Å². The van der Waals surface area contributed by atoms with Crippen LogP contribution in [-0.4, -0.2) is 30.8 Å². The van der Waals surface area contributed by atoms with E-state index in [9.17, 15) is 8.42 Å². The highest BCUT2D eigenvalue weighted by molar-refractivity contribution is 9.10. The van der Waals surface area contributed by atoms with Crippen LogP contribution in [0.15, 0.2) is 33.6 Å². The normalized spacial score (nSPS) is 18.4. The first kappa shape index (κ1) is 14.9. The van der Waals surface area contributed by atoms with Crippen LogP contribution in [0.3, 0.4) is 0 Å². The highest BCUT2D eigenvalue weighted by Gasteiger charge is 2.30. The maximum absolute atomic E-state index is 12.4. The first-order chi connectivity index (χ1) is 8.91. The molecule has 4 nitrogen and oxygen atoms in total. The van der Waals surface area contributed by atoms with Gasteiger partial charge in [-0.15, -0.1) is 0 Å². The van der Waals surface area contributed by atoms with E-state index in [0.29, 0.717) is 35.8 Å². The average Bonchev–Trinajstić information content (AvgIpc) is 2.39. The van der Waals surface area contributed by atoms with E-state index in [4.69, 9.17) is 18.0 Å². The van der Waals surface area contributed by atoms with Crippen molar-refractivity contribution < 1.29 is 8.42 Å². The van der Waals surface area contributed by atoms with Crippen molar-refractivity contribution >= 4 is 43.2 Å².